The molecular formula is C11H11ClN4OS. The summed E-state index contributed by atoms with van der Waals surface area (Å²) in [7, 11) is 0. The molecule has 2 rings (SSSR count). The Morgan fingerprint density at radius 3 is 2.39 bits per heavy atom. The number of hydrogen-bond acceptors (Lipinski definition) is 6. The smallest absolute Gasteiger partial charge is 0.196 e. The number of anilines is 2. The number of aromatic nitrogens is 2. The summed E-state index contributed by atoms with van der Waals surface area (Å²) in [5.41, 5.74) is 11.8. The molecule has 0 fully saturated rings. The minimum atomic E-state index is -0.0918. The number of hydrogen-bond donors (Lipinski definition) is 3. The van der Waals surface area contributed by atoms with E-state index in [-0.39, 0.29) is 6.61 Å². The van der Waals surface area contributed by atoms with Gasteiger partial charge >= 0.3 is 0 Å². The lowest BCUT2D eigenvalue weighted by Crippen LogP contribution is -1.99. The van der Waals surface area contributed by atoms with Crippen molar-refractivity contribution in [3.63, 3.8) is 0 Å². The first-order valence-corrected chi connectivity index (χ1v) is 6.25. The van der Waals surface area contributed by atoms with Gasteiger partial charge in [-0.1, -0.05) is 17.7 Å². The Bertz CT molecular complexity index is 559. The van der Waals surface area contributed by atoms with Crippen LogP contribution in [0.4, 0.5) is 11.6 Å². The fraction of sp³-hybridized carbons (Fsp3) is 0.0909. The van der Waals surface area contributed by atoms with Gasteiger partial charge in [0.25, 0.3) is 0 Å². The molecule has 0 aliphatic heterocycles. The monoisotopic (exact) mass is 282 g/mol. The first-order valence-electron chi connectivity index (χ1n) is 5.05. The molecule has 0 bridgehead atoms. The first-order chi connectivity index (χ1) is 8.58. The van der Waals surface area contributed by atoms with Crippen molar-refractivity contribution < 1.29 is 5.11 Å². The predicted octanol–water partition coefficient (Wildman–Crippen LogP) is 1.94. The van der Waals surface area contributed by atoms with Crippen LogP contribution in [0.15, 0.2) is 34.3 Å². The van der Waals surface area contributed by atoms with Gasteiger partial charge < -0.3 is 16.6 Å². The molecule has 0 radical (unpaired) electrons. The highest BCUT2D eigenvalue weighted by atomic mass is 35.5. The molecule has 0 unspecified atom stereocenters. The first kappa shape index (κ1) is 12.9. The maximum absolute atomic E-state index is 9.02. The van der Waals surface area contributed by atoms with Crippen LogP contribution in [0.1, 0.15) is 5.56 Å². The van der Waals surface area contributed by atoms with Gasteiger partial charge in [-0.15, -0.1) is 0 Å². The van der Waals surface area contributed by atoms with E-state index in [4.69, 9.17) is 28.2 Å². The summed E-state index contributed by atoms with van der Waals surface area (Å²) in [6.07, 6.45) is 0. The van der Waals surface area contributed by atoms with Crippen molar-refractivity contribution in [3.05, 3.63) is 34.9 Å². The number of nitrogen functional groups attached to an aromatic ring is 2. The number of halogens is 1. The Balaban J connectivity index is 2.25. The fourth-order valence-corrected chi connectivity index (χ4v) is 2.46. The molecule has 0 aliphatic carbocycles. The third-order valence-electron chi connectivity index (χ3n) is 2.15. The minimum absolute atomic E-state index is 0.0918. The van der Waals surface area contributed by atoms with E-state index in [9.17, 15) is 0 Å². The Hall–Kier alpha value is -1.50. The second kappa shape index (κ2) is 5.43. The average molecular weight is 283 g/mol. The molecule has 2 aromatic rings. The van der Waals surface area contributed by atoms with Crippen molar-refractivity contribution in [1.82, 2.24) is 9.97 Å². The molecule has 0 saturated carbocycles. The van der Waals surface area contributed by atoms with E-state index in [1.54, 1.807) is 12.1 Å². The molecule has 0 spiro atoms. The largest absolute Gasteiger partial charge is 0.392 e. The van der Waals surface area contributed by atoms with Gasteiger partial charge in [0.05, 0.1) is 6.61 Å². The summed E-state index contributed by atoms with van der Waals surface area (Å²) in [5.74, 6) is 0.645. The lowest BCUT2D eigenvalue weighted by Gasteiger charge is -2.05. The van der Waals surface area contributed by atoms with Crippen molar-refractivity contribution in [2.75, 3.05) is 11.5 Å². The number of nitrogens with two attached hydrogens (primary N) is 2. The third kappa shape index (κ3) is 3.04. The second-order valence-electron chi connectivity index (χ2n) is 3.51. The van der Waals surface area contributed by atoms with E-state index in [0.29, 0.717) is 27.4 Å². The minimum Gasteiger partial charge on any atom is -0.392 e. The van der Waals surface area contributed by atoms with Crippen LogP contribution in [-0.2, 0) is 6.61 Å². The molecule has 94 valence electrons. The van der Waals surface area contributed by atoms with Gasteiger partial charge in [-0.3, -0.25) is 0 Å². The Kier molecular flexibility index (Phi) is 3.90. The number of benzene rings is 1. The molecule has 0 atom stereocenters. The molecule has 7 heteroatoms. The summed E-state index contributed by atoms with van der Waals surface area (Å²) in [5, 5.41) is 9.98. The highest BCUT2D eigenvalue weighted by Gasteiger charge is 2.06. The maximum Gasteiger partial charge on any atom is 0.196 e. The van der Waals surface area contributed by atoms with E-state index in [1.165, 1.54) is 17.8 Å². The molecule has 5 N–H and O–H groups in total. The van der Waals surface area contributed by atoms with Crippen LogP contribution in [0.25, 0.3) is 0 Å². The highest BCUT2D eigenvalue weighted by molar-refractivity contribution is 7.99. The standard InChI is InChI=1S/C11H11ClN4OS/c12-8-3-7(2-1-6(8)5-17)18-11-15-9(13)4-10(14)16-11/h1-4,17H,5H2,(H4,13,14,15,16). The Morgan fingerprint density at radius 2 is 1.83 bits per heavy atom. The number of aliphatic hydroxyl groups is 1. The van der Waals surface area contributed by atoms with Gasteiger partial charge in [-0.25, -0.2) is 9.97 Å². The molecule has 0 aliphatic rings. The topological polar surface area (TPSA) is 98.1 Å². The molecule has 1 aromatic carbocycles. The number of rotatable bonds is 3. The van der Waals surface area contributed by atoms with E-state index >= 15 is 0 Å². The van der Waals surface area contributed by atoms with Gasteiger partial charge in [0.15, 0.2) is 5.16 Å². The van der Waals surface area contributed by atoms with E-state index in [0.717, 1.165) is 4.90 Å². The lowest BCUT2D eigenvalue weighted by atomic mass is 10.2. The highest BCUT2D eigenvalue weighted by Crippen LogP contribution is 2.29. The maximum atomic E-state index is 9.02. The van der Waals surface area contributed by atoms with Gasteiger partial charge in [0, 0.05) is 16.0 Å². The fourth-order valence-electron chi connectivity index (χ4n) is 1.33. The summed E-state index contributed by atoms with van der Waals surface area (Å²) in [6, 6.07) is 6.80. The summed E-state index contributed by atoms with van der Waals surface area (Å²) < 4.78 is 0. The quantitative estimate of drug-likeness (QED) is 0.744. The zero-order chi connectivity index (χ0) is 13.1. The second-order valence-corrected chi connectivity index (χ2v) is 4.96. The van der Waals surface area contributed by atoms with E-state index in [1.807, 2.05) is 6.07 Å². The van der Waals surface area contributed by atoms with Crippen LogP contribution in [0, 0.1) is 0 Å². The Morgan fingerprint density at radius 1 is 1.17 bits per heavy atom. The van der Waals surface area contributed by atoms with Gasteiger partial charge in [-0.2, -0.15) is 0 Å². The van der Waals surface area contributed by atoms with Crippen molar-refractivity contribution in [3.8, 4) is 0 Å². The van der Waals surface area contributed by atoms with Crippen LogP contribution in [0.5, 0.6) is 0 Å². The molecule has 0 amide bonds. The number of aliphatic hydroxyl groups excluding tert-OH is 1. The van der Waals surface area contributed by atoms with Crippen molar-refractivity contribution in [2.45, 2.75) is 16.7 Å². The summed E-state index contributed by atoms with van der Waals surface area (Å²) in [6.45, 7) is -0.0918. The van der Waals surface area contributed by atoms with Crippen molar-refractivity contribution >= 4 is 35.0 Å². The van der Waals surface area contributed by atoms with Crippen LogP contribution in [0.3, 0.4) is 0 Å². The predicted molar refractivity (Wildman–Crippen MR) is 72.4 cm³/mol. The SMILES string of the molecule is Nc1cc(N)nc(Sc2ccc(CO)c(Cl)c2)n1. The summed E-state index contributed by atoms with van der Waals surface area (Å²) in [4.78, 5) is 8.97. The third-order valence-corrected chi connectivity index (χ3v) is 3.36. The van der Waals surface area contributed by atoms with Gasteiger partial charge in [0.2, 0.25) is 0 Å². The summed E-state index contributed by atoms with van der Waals surface area (Å²) >= 11 is 7.30. The molecule has 0 saturated heterocycles. The normalized spacial score (nSPS) is 10.6. The van der Waals surface area contributed by atoms with Crippen molar-refractivity contribution in [2.24, 2.45) is 0 Å². The van der Waals surface area contributed by atoms with Crippen LogP contribution >= 0.6 is 23.4 Å². The van der Waals surface area contributed by atoms with Crippen LogP contribution in [0.2, 0.25) is 5.02 Å². The zero-order valence-corrected chi connectivity index (χ0v) is 10.9. The molecule has 1 aromatic heterocycles. The van der Waals surface area contributed by atoms with E-state index in [2.05, 4.69) is 9.97 Å². The van der Waals surface area contributed by atoms with Gasteiger partial charge in [0.1, 0.15) is 11.6 Å². The zero-order valence-electron chi connectivity index (χ0n) is 9.30. The molecule has 5 nitrogen and oxygen atoms in total. The van der Waals surface area contributed by atoms with Crippen LogP contribution < -0.4 is 11.5 Å². The molecule has 1 heterocycles. The molecule has 18 heavy (non-hydrogen) atoms. The lowest BCUT2D eigenvalue weighted by molar-refractivity contribution is 0.282. The number of nitrogens with zero attached hydrogens (tertiary/aromatic N) is 2. The average Bonchev–Trinajstić information content (AvgIpc) is 2.27. The van der Waals surface area contributed by atoms with Gasteiger partial charge in [-0.05, 0) is 29.5 Å². The Labute approximate surface area is 113 Å². The van der Waals surface area contributed by atoms with Crippen molar-refractivity contribution in [1.29, 1.82) is 0 Å². The van der Waals surface area contributed by atoms with Crippen LogP contribution in [-0.4, -0.2) is 15.1 Å². The molecular weight excluding hydrogens is 272 g/mol. The van der Waals surface area contributed by atoms with E-state index < -0.39 is 0 Å².